The van der Waals surface area contributed by atoms with Gasteiger partial charge in [-0.3, -0.25) is 4.79 Å². The van der Waals surface area contributed by atoms with Gasteiger partial charge in [0.1, 0.15) is 0 Å². The summed E-state index contributed by atoms with van der Waals surface area (Å²) in [5, 5.41) is 11.4. The molecule has 1 aliphatic carbocycles. The minimum absolute atomic E-state index is 0.0496. The Kier molecular flexibility index (Phi) is 4.16. The molecule has 0 aromatic heterocycles. The van der Waals surface area contributed by atoms with E-state index < -0.39 is 12.0 Å². The van der Waals surface area contributed by atoms with E-state index >= 15 is 0 Å². The maximum absolute atomic E-state index is 12.0. The predicted molar refractivity (Wildman–Crippen MR) is 69.2 cm³/mol. The van der Waals surface area contributed by atoms with Crippen LogP contribution in [0.15, 0.2) is 18.2 Å². The zero-order valence-electron chi connectivity index (χ0n) is 10.8. The zero-order valence-corrected chi connectivity index (χ0v) is 10.8. The standard InChI is InChI=1S/C14H17NO4/c1-19-8-12(14(17)18)15-13(16)11-6-5-9-3-2-4-10(9)7-11/h5-7,12H,2-4,8H2,1H3,(H,15,16)(H,17,18). The van der Waals surface area contributed by atoms with E-state index in [1.165, 1.54) is 18.2 Å². The van der Waals surface area contributed by atoms with Gasteiger partial charge in [-0.05, 0) is 42.5 Å². The lowest BCUT2D eigenvalue weighted by Gasteiger charge is -2.14. The zero-order chi connectivity index (χ0) is 13.8. The van der Waals surface area contributed by atoms with Crippen LogP contribution >= 0.6 is 0 Å². The Balaban J connectivity index is 2.09. The van der Waals surface area contributed by atoms with Gasteiger partial charge in [0, 0.05) is 12.7 Å². The first-order valence-electron chi connectivity index (χ1n) is 6.26. The third-order valence-corrected chi connectivity index (χ3v) is 3.30. The highest BCUT2D eigenvalue weighted by molar-refractivity contribution is 5.96. The van der Waals surface area contributed by atoms with E-state index in [0.29, 0.717) is 5.56 Å². The molecule has 1 atom stereocenters. The van der Waals surface area contributed by atoms with Crippen molar-refractivity contribution in [1.29, 1.82) is 0 Å². The quantitative estimate of drug-likeness (QED) is 0.831. The Hall–Kier alpha value is -1.88. The van der Waals surface area contributed by atoms with E-state index in [2.05, 4.69) is 5.32 Å². The lowest BCUT2D eigenvalue weighted by molar-refractivity contribution is -0.140. The van der Waals surface area contributed by atoms with Crippen molar-refractivity contribution in [2.24, 2.45) is 0 Å². The van der Waals surface area contributed by atoms with Crippen LogP contribution in [0.1, 0.15) is 27.9 Å². The van der Waals surface area contributed by atoms with Gasteiger partial charge in [-0.25, -0.2) is 4.79 Å². The average molecular weight is 263 g/mol. The van der Waals surface area contributed by atoms with Gasteiger partial charge < -0.3 is 15.2 Å². The van der Waals surface area contributed by atoms with Crippen LogP contribution in [0.25, 0.3) is 0 Å². The largest absolute Gasteiger partial charge is 0.480 e. The number of ether oxygens (including phenoxy) is 1. The molecule has 0 saturated carbocycles. The molecule has 0 fully saturated rings. The van der Waals surface area contributed by atoms with Crippen molar-refractivity contribution in [2.75, 3.05) is 13.7 Å². The minimum Gasteiger partial charge on any atom is -0.480 e. The number of amides is 1. The van der Waals surface area contributed by atoms with Gasteiger partial charge in [0.15, 0.2) is 6.04 Å². The van der Waals surface area contributed by atoms with Crippen LogP contribution in [0, 0.1) is 0 Å². The molecule has 1 amide bonds. The lowest BCUT2D eigenvalue weighted by atomic mass is 10.1. The highest BCUT2D eigenvalue weighted by Gasteiger charge is 2.21. The second kappa shape index (κ2) is 5.84. The number of benzene rings is 1. The molecule has 0 bridgehead atoms. The monoisotopic (exact) mass is 263 g/mol. The molecule has 1 unspecified atom stereocenters. The number of carboxylic acid groups (broad SMARTS) is 1. The molecule has 1 aromatic carbocycles. The van der Waals surface area contributed by atoms with E-state index in [0.717, 1.165) is 19.3 Å². The maximum Gasteiger partial charge on any atom is 0.328 e. The number of methoxy groups -OCH3 is 1. The lowest BCUT2D eigenvalue weighted by Crippen LogP contribution is -2.43. The number of hydrogen-bond donors (Lipinski definition) is 2. The molecule has 0 heterocycles. The summed E-state index contributed by atoms with van der Waals surface area (Å²) in [5.41, 5.74) is 2.97. The molecule has 1 aliphatic rings. The first-order chi connectivity index (χ1) is 9.11. The van der Waals surface area contributed by atoms with Crippen molar-refractivity contribution in [1.82, 2.24) is 5.32 Å². The van der Waals surface area contributed by atoms with Gasteiger partial charge in [0.2, 0.25) is 0 Å². The molecule has 0 spiro atoms. The second-order valence-corrected chi connectivity index (χ2v) is 4.66. The van der Waals surface area contributed by atoms with Crippen molar-refractivity contribution >= 4 is 11.9 Å². The number of carbonyl (C=O) groups is 2. The van der Waals surface area contributed by atoms with Crippen LogP contribution in [0.2, 0.25) is 0 Å². The van der Waals surface area contributed by atoms with E-state index in [4.69, 9.17) is 9.84 Å². The fourth-order valence-electron chi connectivity index (χ4n) is 2.30. The molecule has 19 heavy (non-hydrogen) atoms. The molecule has 2 N–H and O–H groups in total. The maximum atomic E-state index is 12.0. The Morgan fingerprint density at radius 1 is 1.37 bits per heavy atom. The molecule has 2 rings (SSSR count). The average Bonchev–Trinajstić information content (AvgIpc) is 2.85. The first kappa shape index (κ1) is 13.5. The Bertz CT molecular complexity index is 498. The van der Waals surface area contributed by atoms with Crippen molar-refractivity contribution in [3.63, 3.8) is 0 Å². The molecule has 0 saturated heterocycles. The number of aryl methyl sites for hydroxylation is 2. The summed E-state index contributed by atoms with van der Waals surface area (Å²) < 4.78 is 4.78. The normalized spacial score (nSPS) is 14.8. The number of aliphatic carboxylic acids is 1. The van der Waals surface area contributed by atoms with Crippen LogP contribution < -0.4 is 5.32 Å². The molecular formula is C14H17NO4. The number of carboxylic acids is 1. The number of nitrogens with one attached hydrogen (secondary N) is 1. The molecule has 0 radical (unpaired) electrons. The molecule has 0 aliphatic heterocycles. The molecule has 102 valence electrons. The third-order valence-electron chi connectivity index (χ3n) is 3.30. The number of carbonyl (C=O) groups excluding carboxylic acids is 1. The van der Waals surface area contributed by atoms with Crippen LogP contribution in [0.5, 0.6) is 0 Å². The van der Waals surface area contributed by atoms with Gasteiger partial charge in [-0.15, -0.1) is 0 Å². The SMILES string of the molecule is COCC(NC(=O)c1ccc2c(c1)CCC2)C(=O)O. The highest BCUT2D eigenvalue weighted by atomic mass is 16.5. The van der Waals surface area contributed by atoms with E-state index in [1.54, 1.807) is 6.07 Å². The Morgan fingerprint density at radius 2 is 2.11 bits per heavy atom. The number of hydrogen-bond acceptors (Lipinski definition) is 3. The summed E-state index contributed by atoms with van der Waals surface area (Å²) in [6, 6.07) is 4.52. The summed E-state index contributed by atoms with van der Waals surface area (Å²) >= 11 is 0. The van der Waals surface area contributed by atoms with Crippen LogP contribution in [-0.4, -0.2) is 36.7 Å². The molecule has 1 aromatic rings. The van der Waals surface area contributed by atoms with E-state index in [-0.39, 0.29) is 12.5 Å². The molecule has 5 heteroatoms. The van der Waals surface area contributed by atoms with Gasteiger partial charge in [-0.2, -0.15) is 0 Å². The number of rotatable bonds is 5. The van der Waals surface area contributed by atoms with Crippen LogP contribution in [0.4, 0.5) is 0 Å². The molecular weight excluding hydrogens is 246 g/mol. The van der Waals surface area contributed by atoms with Crippen LogP contribution in [-0.2, 0) is 22.4 Å². The van der Waals surface area contributed by atoms with Gasteiger partial charge in [0.05, 0.1) is 6.61 Å². The van der Waals surface area contributed by atoms with Gasteiger partial charge in [-0.1, -0.05) is 6.07 Å². The van der Waals surface area contributed by atoms with Crippen molar-refractivity contribution in [3.8, 4) is 0 Å². The smallest absolute Gasteiger partial charge is 0.328 e. The topological polar surface area (TPSA) is 75.6 Å². The fraction of sp³-hybridized carbons (Fsp3) is 0.429. The van der Waals surface area contributed by atoms with Gasteiger partial charge in [0.25, 0.3) is 5.91 Å². The summed E-state index contributed by atoms with van der Waals surface area (Å²) in [6.07, 6.45) is 3.15. The molecule has 5 nitrogen and oxygen atoms in total. The summed E-state index contributed by atoms with van der Waals surface area (Å²) in [7, 11) is 1.40. The highest BCUT2D eigenvalue weighted by Crippen LogP contribution is 2.22. The van der Waals surface area contributed by atoms with Crippen molar-refractivity contribution in [2.45, 2.75) is 25.3 Å². The van der Waals surface area contributed by atoms with Crippen molar-refractivity contribution < 1.29 is 19.4 Å². The number of fused-ring (bicyclic) bond motifs is 1. The van der Waals surface area contributed by atoms with Crippen molar-refractivity contribution in [3.05, 3.63) is 34.9 Å². The minimum atomic E-state index is -1.10. The predicted octanol–water partition coefficient (Wildman–Crippen LogP) is 1.00. The van der Waals surface area contributed by atoms with E-state index in [1.807, 2.05) is 12.1 Å². The first-order valence-corrected chi connectivity index (χ1v) is 6.26. The Morgan fingerprint density at radius 3 is 2.79 bits per heavy atom. The summed E-state index contributed by atoms with van der Waals surface area (Å²) in [4.78, 5) is 23.0. The van der Waals surface area contributed by atoms with E-state index in [9.17, 15) is 9.59 Å². The van der Waals surface area contributed by atoms with Gasteiger partial charge >= 0.3 is 5.97 Å². The summed E-state index contributed by atoms with van der Waals surface area (Å²) in [5.74, 6) is -1.48. The fourth-order valence-corrected chi connectivity index (χ4v) is 2.30. The third kappa shape index (κ3) is 3.12. The summed E-state index contributed by atoms with van der Waals surface area (Å²) in [6.45, 7) is -0.0496. The Labute approximate surface area is 111 Å². The van der Waals surface area contributed by atoms with Crippen LogP contribution in [0.3, 0.4) is 0 Å². The second-order valence-electron chi connectivity index (χ2n) is 4.66.